The number of carbonyl (C=O) groups is 1. The van der Waals surface area contributed by atoms with Crippen LogP contribution in [0.15, 0.2) is 36.4 Å². The van der Waals surface area contributed by atoms with E-state index in [1.165, 1.54) is 12.1 Å². The van der Waals surface area contributed by atoms with Crippen LogP contribution in [-0.4, -0.2) is 5.91 Å². The summed E-state index contributed by atoms with van der Waals surface area (Å²) in [7, 11) is 0. The molecule has 0 atom stereocenters. The number of hydrogen-bond acceptors (Lipinski definition) is 2. The van der Waals surface area contributed by atoms with Gasteiger partial charge in [0.05, 0.1) is 0 Å². The smallest absolute Gasteiger partial charge is 0.256 e. The maximum absolute atomic E-state index is 13.0. The minimum atomic E-state index is -0.323. The number of nitrogens with one attached hydrogen (secondary N) is 1. The van der Waals surface area contributed by atoms with Gasteiger partial charge in [-0.05, 0) is 55.3 Å². The Morgan fingerprint density at radius 3 is 2.63 bits per heavy atom. The highest BCUT2D eigenvalue weighted by Crippen LogP contribution is 2.20. The van der Waals surface area contributed by atoms with Gasteiger partial charge in [-0.3, -0.25) is 4.79 Å². The second-order valence-corrected chi connectivity index (χ2v) is 4.43. The van der Waals surface area contributed by atoms with E-state index in [4.69, 9.17) is 5.73 Å². The van der Waals surface area contributed by atoms with Crippen molar-refractivity contribution in [2.45, 2.75) is 13.8 Å². The van der Waals surface area contributed by atoms with E-state index in [1.54, 1.807) is 38.1 Å². The zero-order chi connectivity index (χ0) is 14.0. The lowest BCUT2D eigenvalue weighted by molar-refractivity contribution is 0.102. The highest BCUT2D eigenvalue weighted by atomic mass is 19.1. The fraction of sp³-hybridized carbons (Fsp3) is 0.133. The number of anilines is 2. The first-order valence-electron chi connectivity index (χ1n) is 5.91. The van der Waals surface area contributed by atoms with Crippen LogP contribution in [-0.2, 0) is 0 Å². The number of carbonyl (C=O) groups excluding carboxylic acids is 1. The molecule has 3 N–H and O–H groups in total. The zero-order valence-electron chi connectivity index (χ0n) is 10.8. The fourth-order valence-corrected chi connectivity index (χ4v) is 1.86. The number of benzene rings is 2. The standard InChI is InChI=1S/C15H15FN2O/c1-9-8-11(16)6-7-14(9)18-15(19)12-4-3-5-13(17)10(12)2/h3-8H,17H2,1-2H3,(H,18,19). The van der Waals surface area contributed by atoms with Crippen molar-refractivity contribution in [1.82, 2.24) is 0 Å². The van der Waals surface area contributed by atoms with Crippen molar-refractivity contribution in [2.75, 3.05) is 11.1 Å². The third-order valence-electron chi connectivity index (χ3n) is 3.06. The number of aryl methyl sites for hydroxylation is 1. The summed E-state index contributed by atoms with van der Waals surface area (Å²) in [6, 6.07) is 9.42. The van der Waals surface area contributed by atoms with E-state index in [9.17, 15) is 9.18 Å². The normalized spacial score (nSPS) is 10.3. The average molecular weight is 258 g/mol. The third kappa shape index (κ3) is 2.73. The molecule has 2 rings (SSSR count). The van der Waals surface area contributed by atoms with Gasteiger partial charge in [-0.15, -0.1) is 0 Å². The van der Waals surface area contributed by atoms with Crippen molar-refractivity contribution in [1.29, 1.82) is 0 Å². The van der Waals surface area contributed by atoms with Crippen LogP contribution in [0.4, 0.5) is 15.8 Å². The maximum atomic E-state index is 13.0. The van der Waals surface area contributed by atoms with Crippen LogP contribution in [0.1, 0.15) is 21.5 Å². The summed E-state index contributed by atoms with van der Waals surface area (Å²) in [5.41, 5.74) is 8.86. The van der Waals surface area contributed by atoms with E-state index in [1.807, 2.05) is 0 Å². The van der Waals surface area contributed by atoms with Gasteiger partial charge in [0, 0.05) is 16.9 Å². The van der Waals surface area contributed by atoms with Gasteiger partial charge in [0.2, 0.25) is 0 Å². The van der Waals surface area contributed by atoms with Crippen molar-refractivity contribution in [2.24, 2.45) is 0 Å². The molecule has 2 aromatic rings. The molecule has 0 saturated heterocycles. The van der Waals surface area contributed by atoms with Gasteiger partial charge in [0.15, 0.2) is 0 Å². The molecule has 2 aromatic carbocycles. The molecule has 4 heteroatoms. The van der Waals surface area contributed by atoms with E-state index in [0.29, 0.717) is 22.5 Å². The first-order chi connectivity index (χ1) is 8.99. The first-order valence-corrected chi connectivity index (χ1v) is 5.91. The summed E-state index contributed by atoms with van der Waals surface area (Å²) in [5.74, 6) is -0.574. The Balaban J connectivity index is 2.28. The average Bonchev–Trinajstić information content (AvgIpc) is 2.36. The highest BCUT2D eigenvalue weighted by Gasteiger charge is 2.11. The predicted molar refractivity (Wildman–Crippen MR) is 74.7 cm³/mol. The van der Waals surface area contributed by atoms with Crippen molar-refractivity contribution in [3.63, 3.8) is 0 Å². The second kappa shape index (κ2) is 5.10. The first kappa shape index (κ1) is 13.1. The Morgan fingerprint density at radius 1 is 1.21 bits per heavy atom. The molecule has 1 amide bonds. The van der Waals surface area contributed by atoms with Crippen LogP contribution in [0.5, 0.6) is 0 Å². The molecule has 0 bridgehead atoms. The van der Waals surface area contributed by atoms with Gasteiger partial charge in [-0.25, -0.2) is 4.39 Å². The summed E-state index contributed by atoms with van der Waals surface area (Å²) in [4.78, 5) is 12.2. The number of amides is 1. The van der Waals surface area contributed by atoms with Gasteiger partial charge in [-0.1, -0.05) is 6.07 Å². The topological polar surface area (TPSA) is 55.1 Å². The van der Waals surface area contributed by atoms with Gasteiger partial charge in [-0.2, -0.15) is 0 Å². The molecular formula is C15H15FN2O. The Morgan fingerprint density at radius 2 is 1.95 bits per heavy atom. The number of hydrogen-bond donors (Lipinski definition) is 2. The summed E-state index contributed by atoms with van der Waals surface area (Å²) in [6.07, 6.45) is 0. The quantitative estimate of drug-likeness (QED) is 0.812. The summed E-state index contributed by atoms with van der Waals surface area (Å²) >= 11 is 0. The fourth-order valence-electron chi connectivity index (χ4n) is 1.86. The molecule has 0 fully saturated rings. The molecule has 19 heavy (non-hydrogen) atoms. The van der Waals surface area contributed by atoms with Gasteiger partial charge in [0.25, 0.3) is 5.91 Å². The monoisotopic (exact) mass is 258 g/mol. The van der Waals surface area contributed by atoms with Crippen LogP contribution in [0.3, 0.4) is 0 Å². The minimum Gasteiger partial charge on any atom is -0.398 e. The Labute approximate surface area is 111 Å². The van der Waals surface area contributed by atoms with Crippen LogP contribution < -0.4 is 11.1 Å². The Hall–Kier alpha value is -2.36. The molecule has 0 aliphatic carbocycles. The lowest BCUT2D eigenvalue weighted by Gasteiger charge is -2.11. The Bertz CT molecular complexity index is 638. The molecule has 0 aliphatic heterocycles. The SMILES string of the molecule is Cc1cc(F)ccc1NC(=O)c1cccc(N)c1C. The minimum absolute atomic E-state index is 0.250. The predicted octanol–water partition coefficient (Wildman–Crippen LogP) is 3.28. The van der Waals surface area contributed by atoms with E-state index in [0.717, 1.165) is 5.56 Å². The largest absolute Gasteiger partial charge is 0.398 e. The molecule has 0 unspecified atom stereocenters. The highest BCUT2D eigenvalue weighted by molar-refractivity contribution is 6.06. The summed E-state index contributed by atoms with van der Waals surface area (Å²) in [5, 5.41) is 2.76. The van der Waals surface area contributed by atoms with Crippen LogP contribution in [0, 0.1) is 19.7 Å². The lowest BCUT2D eigenvalue weighted by atomic mass is 10.1. The molecule has 3 nitrogen and oxygen atoms in total. The molecule has 0 saturated carbocycles. The Kier molecular flexibility index (Phi) is 3.51. The number of rotatable bonds is 2. The van der Waals surface area contributed by atoms with Crippen LogP contribution in [0.25, 0.3) is 0 Å². The summed E-state index contributed by atoms with van der Waals surface area (Å²) in [6.45, 7) is 3.53. The van der Waals surface area contributed by atoms with Crippen molar-refractivity contribution < 1.29 is 9.18 Å². The lowest BCUT2D eigenvalue weighted by Crippen LogP contribution is -2.14. The van der Waals surface area contributed by atoms with Gasteiger partial charge in [0.1, 0.15) is 5.82 Å². The molecule has 0 aromatic heterocycles. The van der Waals surface area contributed by atoms with E-state index >= 15 is 0 Å². The van der Waals surface area contributed by atoms with Crippen LogP contribution >= 0.6 is 0 Å². The van der Waals surface area contributed by atoms with Crippen LogP contribution in [0.2, 0.25) is 0 Å². The van der Waals surface area contributed by atoms with E-state index in [2.05, 4.69) is 5.32 Å². The van der Waals surface area contributed by atoms with Crippen molar-refractivity contribution in [3.8, 4) is 0 Å². The number of nitrogens with two attached hydrogens (primary N) is 1. The molecule has 0 spiro atoms. The van der Waals surface area contributed by atoms with E-state index in [-0.39, 0.29) is 11.7 Å². The maximum Gasteiger partial charge on any atom is 0.256 e. The van der Waals surface area contributed by atoms with Crippen molar-refractivity contribution in [3.05, 3.63) is 58.9 Å². The second-order valence-electron chi connectivity index (χ2n) is 4.43. The molecule has 0 aliphatic rings. The third-order valence-corrected chi connectivity index (χ3v) is 3.06. The van der Waals surface area contributed by atoms with E-state index < -0.39 is 0 Å². The van der Waals surface area contributed by atoms with Gasteiger partial charge >= 0.3 is 0 Å². The number of halogens is 1. The summed E-state index contributed by atoms with van der Waals surface area (Å²) < 4.78 is 13.0. The molecule has 0 heterocycles. The zero-order valence-corrected chi connectivity index (χ0v) is 10.8. The number of nitrogen functional groups attached to an aromatic ring is 1. The van der Waals surface area contributed by atoms with Crippen molar-refractivity contribution >= 4 is 17.3 Å². The molecule has 0 radical (unpaired) electrons. The van der Waals surface area contributed by atoms with Gasteiger partial charge < -0.3 is 11.1 Å². The molecule has 98 valence electrons. The molecular weight excluding hydrogens is 243 g/mol.